The SMILES string of the molecule is COc1cc(C=C(C#N)S(=O)(=O)c2ccc(Cl)cc2)cc([N+](=O)[O-])c1O. The predicted octanol–water partition coefficient (Wildman–Crippen LogP) is 3.30. The summed E-state index contributed by atoms with van der Waals surface area (Å²) in [5.41, 5.74) is -0.683. The van der Waals surface area contributed by atoms with Crippen molar-refractivity contribution < 1.29 is 23.2 Å². The van der Waals surface area contributed by atoms with Gasteiger partial charge in [-0.2, -0.15) is 5.26 Å². The number of sulfone groups is 1. The van der Waals surface area contributed by atoms with Crippen LogP contribution in [0.4, 0.5) is 5.69 Å². The van der Waals surface area contributed by atoms with Gasteiger partial charge in [0, 0.05) is 11.1 Å². The molecule has 0 amide bonds. The van der Waals surface area contributed by atoms with E-state index in [9.17, 15) is 28.9 Å². The maximum Gasteiger partial charge on any atom is 0.315 e. The zero-order valence-corrected chi connectivity index (χ0v) is 14.8. The van der Waals surface area contributed by atoms with Gasteiger partial charge >= 0.3 is 5.69 Å². The lowest BCUT2D eigenvalue weighted by Gasteiger charge is -2.07. The second kappa shape index (κ2) is 7.43. The highest BCUT2D eigenvalue weighted by Gasteiger charge is 2.23. The first-order valence-electron chi connectivity index (χ1n) is 6.88. The van der Waals surface area contributed by atoms with Crippen LogP contribution in [0.15, 0.2) is 46.2 Å². The number of aromatic hydroxyl groups is 1. The van der Waals surface area contributed by atoms with Gasteiger partial charge in [0.15, 0.2) is 5.75 Å². The fourth-order valence-corrected chi connectivity index (χ4v) is 3.34. The third-order valence-electron chi connectivity index (χ3n) is 3.32. The predicted molar refractivity (Wildman–Crippen MR) is 93.5 cm³/mol. The minimum atomic E-state index is -4.16. The molecule has 0 saturated carbocycles. The van der Waals surface area contributed by atoms with Crippen LogP contribution >= 0.6 is 11.6 Å². The summed E-state index contributed by atoms with van der Waals surface area (Å²) in [4.78, 5) is 9.37. The molecule has 0 bridgehead atoms. The van der Waals surface area contributed by atoms with Crippen molar-refractivity contribution in [3.8, 4) is 17.6 Å². The Morgan fingerprint density at radius 3 is 2.46 bits per heavy atom. The molecule has 1 N–H and O–H groups in total. The number of allylic oxidation sites excluding steroid dienone is 1. The Bertz CT molecular complexity index is 1040. The molecule has 0 atom stereocenters. The number of hydrogen-bond acceptors (Lipinski definition) is 7. The Hall–Kier alpha value is -3.09. The highest BCUT2D eigenvalue weighted by molar-refractivity contribution is 7.95. The summed E-state index contributed by atoms with van der Waals surface area (Å²) in [6.45, 7) is 0. The number of nitrogens with zero attached hydrogens (tertiary/aromatic N) is 2. The Labute approximate surface area is 153 Å². The van der Waals surface area contributed by atoms with Crippen molar-refractivity contribution in [1.82, 2.24) is 0 Å². The van der Waals surface area contributed by atoms with Crippen LogP contribution in [0, 0.1) is 21.4 Å². The monoisotopic (exact) mass is 394 g/mol. The van der Waals surface area contributed by atoms with Crippen LogP contribution in [0.5, 0.6) is 11.5 Å². The third kappa shape index (κ3) is 3.77. The smallest absolute Gasteiger partial charge is 0.315 e. The van der Waals surface area contributed by atoms with Crippen molar-refractivity contribution in [2.45, 2.75) is 4.90 Å². The molecule has 0 heterocycles. The summed E-state index contributed by atoms with van der Waals surface area (Å²) in [5, 5.41) is 30.4. The molecular formula is C16H11ClN2O6S. The minimum absolute atomic E-state index is 0.000406. The second-order valence-electron chi connectivity index (χ2n) is 4.93. The minimum Gasteiger partial charge on any atom is -0.500 e. The van der Waals surface area contributed by atoms with E-state index in [0.29, 0.717) is 5.02 Å². The van der Waals surface area contributed by atoms with Crippen LogP contribution in [0.1, 0.15) is 5.56 Å². The van der Waals surface area contributed by atoms with E-state index in [4.69, 9.17) is 16.3 Å². The van der Waals surface area contributed by atoms with E-state index in [-0.39, 0.29) is 16.2 Å². The normalized spacial score (nSPS) is 11.7. The number of ether oxygens (including phenoxy) is 1. The first-order chi connectivity index (χ1) is 12.2. The molecule has 0 aliphatic heterocycles. The molecule has 0 spiro atoms. The molecule has 8 nitrogen and oxygen atoms in total. The second-order valence-corrected chi connectivity index (χ2v) is 7.28. The largest absolute Gasteiger partial charge is 0.500 e. The number of phenols is 1. The van der Waals surface area contributed by atoms with Crippen LogP contribution in [0.2, 0.25) is 5.02 Å². The van der Waals surface area contributed by atoms with Crippen molar-refractivity contribution in [1.29, 1.82) is 5.26 Å². The van der Waals surface area contributed by atoms with Gasteiger partial charge in [0.05, 0.1) is 16.9 Å². The number of rotatable bonds is 5. The molecule has 2 aromatic carbocycles. The van der Waals surface area contributed by atoms with Gasteiger partial charge in [0.25, 0.3) is 0 Å². The van der Waals surface area contributed by atoms with Gasteiger partial charge in [-0.3, -0.25) is 10.1 Å². The molecule has 0 aliphatic carbocycles. The average Bonchev–Trinajstić information content (AvgIpc) is 2.60. The van der Waals surface area contributed by atoms with Crippen LogP contribution in [0.3, 0.4) is 0 Å². The summed E-state index contributed by atoms with van der Waals surface area (Å²) >= 11 is 5.72. The Morgan fingerprint density at radius 1 is 1.35 bits per heavy atom. The standard InChI is InChI=1S/C16H11ClN2O6S/c1-25-15-8-10(7-14(16(15)20)19(21)22)6-13(9-18)26(23,24)12-4-2-11(17)3-5-12/h2-8,20H,1H3. The first-order valence-corrected chi connectivity index (χ1v) is 8.74. The molecule has 0 aromatic heterocycles. The van der Waals surface area contributed by atoms with Crippen LogP contribution < -0.4 is 4.74 Å². The molecule has 0 radical (unpaired) electrons. The van der Waals surface area contributed by atoms with Gasteiger partial charge in [0.2, 0.25) is 15.6 Å². The van der Waals surface area contributed by atoms with Crippen LogP contribution in [0.25, 0.3) is 6.08 Å². The summed E-state index contributed by atoms with van der Waals surface area (Å²) in [5.74, 6) is -0.930. The van der Waals surface area contributed by atoms with E-state index in [1.54, 1.807) is 6.07 Å². The molecule has 2 rings (SSSR count). The Kier molecular flexibility index (Phi) is 5.50. The molecule has 10 heteroatoms. The quantitative estimate of drug-likeness (QED) is 0.467. The van der Waals surface area contributed by atoms with E-state index in [1.807, 2.05) is 0 Å². The number of benzene rings is 2. The van der Waals surface area contributed by atoms with Crippen molar-refractivity contribution in [3.05, 3.63) is 62.0 Å². The Balaban J connectivity index is 2.62. The maximum absolute atomic E-state index is 12.6. The van der Waals surface area contributed by atoms with Gasteiger partial charge in [-0.1, -0.05) is 11.6 Å². The maximum atomic E-state index is 12.6. The molecule has 0 saturated heterocycles. The van der Waals surface area contributed by atoms with Crippen molar-refractivity contribution in [3.63, 3.8) is 0 Å². The highest BCUT2D eigenvalue weighted by atomic mass is 35.5. The fraction of sp³-hybridized carbons (Fsp3) is 0.0625. The van der Waals surface area contributed by atoms with Crippen LogP contribution in [-0.4, -0.2) is 25.6 Å². The van der Waals surface area contributed by atoms with E-state index in [1.165, 1.54) is 37.4 Å². The molecule has 26 heavy (non-hydrogen) atoms. The summed E-state index contributed by atoms with van der Waals surface area (Å²) < 4.78 is 30.0. The van der Waals surface area contributed by atoms with Gasteiger partial charge in [-0.25, -0.2) is 8.42 Å². The lowest BCUT2D eigenvalue weighted by molar-refractivity contribution is -0.386. The van der Waals surface area contributed by atoms with Crippen LogP contribution in [-0.2, 0) is 9.84 Å². The van der Waals surface area contributed by atoms with E-state index in [2.05, 4.69) is 0 Å². The number of hydrogen-bond donors (Lipinski definition) is 1. The summed E-state index contributed by atoms with van der Waals surface area (Å²) in [7, 11) is -2.98. The number of halogens is 1. The average molecular weight is 395 g/mol. The number of nitriles is 1. The lowest BCUT2D eigenvalue weighted by Crippen LogP contribution is -2.03. The molecule has 0 aliphatic rings. The summed E-state index contributed by atoms with van der Waals surface area (Å²) in [6, 6.07) is 8.88. The zero-order valence-electron chi connectivity index (χ0n) is 13.2. The highest BCUT2D eigenvalue weighted by Crippen LogP contribution is 2.37. The van der Waals surface area contributed by atoms with Crippen molar-refractivity contribution in [2.24, 2.45) is 0 Å². The number of phenolic OH excluding ortho intramolecular Hbond substituents is 1. The zero-order chi connectivity index (χ0) is 19.5. The molecule has 134 valence electrons. The fourth-order valence-electron chi connectivity index (χ4n) is 2.05. The molecular weight excluding hydrogens is 384 g/mol. The van der Waals surface area contributed by atoms with Crippen molar-refractivity contribution >= 4 is 33.2 Å². The van der Waals surface area contributed by atoms with Gasteiger partial charge in [-0.15, -0.1) is 0 Å². The van der Waals surface area contributed by atoms with E-state index in [0.717, 1.165) is 12.1 Å². The van der Waals surface area contributed by atoms with Gasteiger partial charge in [-0.05, 0) is 42.0 Å². The number of nitro benzene ring substituents is 1. The Morgan fingerprint density at radius 2 is 1.96 bits per heavy atom. The topological polar surface area (TPSA) is 131 Å². The van der Waals surface area contributed by atoms with Gasteiger partial charge < -0.3 is 9.84 Å². The van der Waals surface area contributed by atoms with E-state index < -0.39 is 31.1 Å². The van der Waals surface area contributed by atoms with E-state index >= 15 is 0 Å². The van der Waals surface area contributed by atoms with Crippen molar-refractivity contribution in [2.75, 3.05) is 7.11 Å². The van der Waals surface area contributed by atoms with Gasteiger partial charge in [0.1, 0.15) is 11.0 Å². The molecule has 0 fully saturated rings. The third-order valence-corrected chi connectivity index (χ3v) is 5.25. The number of nitro groups is 1. The molecule has 0 unspecified atom stereocenters. The first kappa shape index (κ1) is 19.2. The lowest BCUT2D eigenvalue weighted by atomic mass is 10.1. The molecule has 2 aromatic rings. The summed E-state index contributed by atoms with van der Waals surface area (Å²) in [6.07, 6.45) is 0.957. The number of methoxy groups -OCH3 is 1.